The van der Waals surface area contributed by atoms with Crippen molar-refractivity contribution in [3.63, 3.8) is 0 Å². The summed E-state index contributed by atoms with van der Waals surface area (Å²) in [5.41, 5.74) is 6.19. The molecule has 0 amide bonds. The predicted octanol–water partition coefficient (Wildman–Crippen LogP) is 6.44. The Balaban J connectivity index is 1.61. The van der Waals surface area contributed by atoms with E-state index in [-0.39, 0.29) is 11.5 Å². The van der Waals surface area contributed by atoms with Gasteiger partial charge in [0.15, 0.2) is 5.78 Å². The highest BCUT2D eigenvalue weighted by molar-refractivity contribution is 6.09. The molecule has 4 rings (SSSR count). The summed E-state index contributed by atoms with van der Waals surface area (Å²) in [5.74, 6) is 0.761. The molecule has 2 heterocycles. The van der Waals surface area contributed by atoms with Gasteiger partial charge in [0.05, 0.1) is 11.3 Å². The van der Waals surface area contributed by atoms with Gasteiger partial charge in [-0.05, 0) is 54.7 Å². The number of Topliss-reactive ketones (excluding diaryl/α,β-unsaturated/α-hetero) is 1. The minimum atomic E-state index is 0.0257. The number of carbonyl (C=O) groups is 1. The molecule has 0 unspecified atom stereocenters. The molecule has 1 aliphatic rings. The standard InChI is InChI=1S/C26H29N3O2/c1-3-4-5-6-7-18-9-11-21-19(14-18)15-24(31)25-22(12-13-27-26(25)29-21)28-23-16-20(30)10-8-17(23)2/h8-14,16,30H,3-7,15H2,1-2H3,(H2,27,28,29). The fourth-order valence-corrected chi connectivity index (χ4v) is 4.05. The van der Waals surface area contributed by atoms with Crippen molar-refractivity contribution in [1.29, 1.82) is 0 Å². The van der Waals surface area contributed by atoms with Gasteiger partial charge in [0, 0.05) is 30.1 Å². The zero-order valence-electron chi connectivity index (χ0n) is 18.2. The lowest BCUT2D eigenvalue weighted by atomic mass is 9.98. The van der Waals surface area contributed by atoms with Gasteiger partial charge in [-0.1, -0.05) is 44.4 Å². The normalized spacial score (nSPS) is 12.5. The van der Waals surface area contributed by atoms with Crippen molar-refractivity contribution in [2.45, 2.75) is 52.4 Å². The van der Waals surface area contributed by atoms with Crippen LogP contribution in [0.1, 0.15) is 59.7 Å². The summed E-state index contributed by atoms with van der Waals surface area (Å²) in [5, 5.41) is 16.5. The van der Waals surface area contributed by atoms with Crippen LogP contribution in [0.3, 0.4) is 0 Å². The van der Waals surface area contributed by atoms with E-state index in [0.29, 0.717) is 23.5 Å². The van der Waals surface area contributed by atoms with Crippen molar-refractivity contribution >= 4 is 28.7 Å². The number of nitrogens with zero attached hydrogens (tertiary/aromatic N) is 1. The molecule has 2 aromatic carbocycles. The quantitative estimate of drug-likeness (QED) is 0.387. The summed E-state index contributed by atoms with van der Waals surface area (Å²) in [6.07, 6.45) is 7.96. The highest BCUT2D eigenvalue weighted by atomic mass is 16.3. The van der Waals surface area contributed by atoms with Gasteiger partial charge in [-0.3, -0.25) is 4.79 Å². The maximum absolute atomic E-state index is 13.3. The Hall–Kier alpha value is -3.34. The molecule has 5 nitrogen and oxygen atoms in total. The number of nitrogens with one attached hydrogen (secondary N) is 2. The fourth-order valence-electron chi connectivity index (χ4n) is 4.05. The van der Waals surface area contributed by atoms with Crippen LogP contribution in [-0.4, -0.2) is 15.9 Å². The molecule has 0 aliphatic carbocycles. The summed E-state index contributed by atoms with van der Waals surface area (Å²) in [6, 6.07) is 13.3. The summed E-state index contributed by atoms with van der Waals surface area (Å²) in [6.45, 7) is 4.18. The number of phenols is 1. The predicted molar refractivity (Wildman–Crippen MR) is 126 cm³/mol. The van der Waals surface area contributed by atoms with E-state index in [1.165, 1.54) is 31.2 Å². The third-order valence-corrected chi connectivity index (χ3v) is 5.81. The minimum absolute atomic E-state index is 0.0257. The Bertz CT molecular complexity index is 1110. The smallest absolute Gasteiger partial charge is 0.173 e. The SMILES string of the molecule is CCCCCCc1ccc2c(c1)CC(=O)c1c(Nc3cc(O)ccc3C)ccnc1N2. The van der Waals surface area contributed by atoms with Gasteiger partial charge in [-0.15, -0.1) is 0 Å². The number of aryl methyl sites for hydroxylation is 2. The lowest BCUT2D eigenvalue weighted by Gasteiger charge is -2.15. The number of rotatable bonds is 7. The van der Waals surface area contributed by atoms with Gasteiger partial charge in [0.25, 0.3) is 0 Å². The van der Waals surface area contributed by atoms with Crippen LogP contribution in [0.25, 0.3) is 0 Å². The fraction of sp³-hybridized carbons (Fsp3) is 0.308. The number of unbranched alkanes of at least 4 members (excludes halogenated alkanes) is 3. The van der Waals surface area contributed by atoms with Crippen molar-refractivity contribution in [3.05, 3.63) is 70.9 Å². The lowest BCUT2D eigenvalue weighted by molar-refractivity contribution is 0.0995. The number of fused-ring (bicyclic) bond motifs is 2. The first-order valence-electron chi connectivity index (χ1n) is 11.0. The van der Waals surface area contributed by atoms with E-state index in [1.54, 1.807) is 24.4 Å². The van der Waals surface area contributed by atoms with Crippen LogP contribution >= 0.6 is 0 Å². The average molecular weight is 416 g/mol. The Morgan fingerprint density at radius 1 is 1.06 bits per heavy atom. The number of phenolic OH excluding ortho intramolecular Hbond substituents is 1. The second kappa shape index (κ2) is 9.21. The number of benzene rings is 2. The topological polar surface area (TPSA) is 74.2 Å². The summed E-state index contributed by atoms with van der Waals surface area (Å²) in [7, 11) is 0. The zero-order chi connectivity index (χ0) is 21.8. The van der Waals surface area contributed by atoms with Crippen LogP contribution in [0.15, 0.2) is 48.7 Å². The molecule has 31 heavy (non-hydrogen) atoms. The molecule has 0 saturated heterocycles. The van der Waals surface area contributed by atoms with Gasteiger partial charge < -0.3 is 15.7 Å². The van der Waals surface area contributed by atoms with Crippen LogP contribution in [0, 0.1) is 6.92 Å². The first-order valence-corrected chi connectivity index (χ1v) is 11.0. The number of ketones is 1. The number of anilines is 4. The molecule has 3 N–H and O–H groups in total. The second-order valence-electron chi connectivity index (χ2n) is 8.23. The van der Waals surface area contributed by atoms with E-state index < -0.39 is 0 Å². The second-order valence-corrected chi connectivity index (χ2v) is 8.23. The molecule has 0 fully saturated rings. The monoisotopic (exact) mass is 415 g/mol. The van der Waals surface area contributed by atoms with Gasteiger partial charge in [-0.2, -0.15) is 0 Å². The molecule has 0 bridgehead atoms. The Labute approximate surface area is 183 Å². The minimum Gasteiger partial charge on any atom is -0.508 e. The number of hydrogen-bond acceptors (Lipinski definition) is 5. The van der Waals surface area contributed by atoms with Crippen LogP contribution in [0.5, 0.6) is 5.75 Å². The Morgan fingerprint density at radius 3 is 2.77 bits per heavy atom. The lowest BCUT2D eigenvalue weighted by Crippen LogP contribution is -2.08. The third-order valence-electron chi connectivity index (χ3n) is 5.81. The van der Waals surface area contributed by atoms with Gasteiger partial charge in [0.1, 0.15) is 11.6 Å². The maximum Gasteiger partial charge on any atom is 0.173 e. The maximum atomic E-state index is 13.3. The molecule has 0 saturated carbocycles. The molecule has 0 radical (unpaired) electrons. The first kappa shape index (κ1) is 20.9. The molecule has 1 aliphatic heterocycles. The van der Waals surface area contributed by atoms with Crippen molar-refractivity contribution in [3.8, 4) is 5.75 Å². The van der Waals surface area contributed by atoms with E-state index in [2.05, 4.69) is 40.7 Å². The highest BCUT2D eigenvalue weighted by Gasteiger charge is 2.24. The third kappa shape index (κ3) is 4.71. The number of aromatic hydroxyl groups is 1. The first-order chi connectivity index (χ1) is 15.0. The Kier molecular flexibility index (Phi) is 6.21. The highest BCUT2D eigenvalue weighted by Crippen LogP contribution is 2.35. The Morgan fingerprint density at radius 2 is 1.94 bits per heavy atom. The van der Waals surface area contributed by atoms with E-state index in [1.807, 2.05) is 13.0 Å². The molecule has 160 valence electrons. The van der Waals surface area contributed by atoms with E-state index in [0.717, 1.165) is 28.9 Å². The number of aromatic nitrogens is 1. The number of hydrogen-bond donors (Lipinski definition) is 3. The molecule has 1 aromatic heterocycles. The molecule has 0 atom stereocenters. The van der Waals surface area contributed by atoms with Crippen LogP contribution < -0.4 is 10.6 Å². The van der Waals surface area contributed by atoms with E-state index >= 15 is 0 Å². The van der Waals surface area contributed by atoms with Crippen molar-refractivity contribution in [2.75, 3.05) is 10.6 Å². The van der Waals surface area contributed by atoms with Crippen molar-refractivity contribution in [1.82, 2.24) is 4.98 Å². The van der Waals surface area contributed by atoms with Crippen LogP contribution in [0.2, 0.25) is 0 Å². The van der Waals surface area contributed by atoms with Gasteiger partial charge in [-0.25, -0.2) is 4.98 Å². The molecule has 0 spiro atoms. The molecular formula is C26H29N3O2. The summed E-state index contributed by atoms with van der Waals surface area (Å²) >= 11 is 0. The molecule has 5 heteroatoms. The van der Waals surface area contributed by atoms with E-state index in [4.69, 9.17) is 0 Å². The zero-order valence-corrected chi connectivity index (χ0v) is 18.2. The molecular weight excluding hydrogens is 386 g/mol. The average Bonchev–Trinajstić information content (AvgIpc) is 2.89. The number of carbonyl (C=O) groups excluding carboxylic acids is 1. The number of pyridine rings is 1. The summed E-state index contributed by atoms with van der Waals surface area (Å²) in [4.78, 5) is 17.7. The van der Waals surface area contributed by atoms with Crippen LogP contribution in [-0.2, 0) is 12.8 Å². The van der Waals surface area contributed by atoms with Crippen molar-refractivity contribution < 1.29 is 9.90 Å². The van der Waals surface area contributed by atoms with Crippen molar-refractivity contribution in [2.24, 2.45) is 0 Å². The van der Waals surface area contributed by atoms with Gasteiger partial charge >= 0.3 is 0 Å². The largest absolute Gasteiger partial charge is 0.508 e. The van der Waals surface area contributed by atoms with Crippen LogP contribution in [0.4, 0.5) is 22.9 Å². The van der Waals surface area contributed by atoms with E-state index in [9.17, 15) is 9.90 Å². The summed E-state index contributed by atoms with van der Waals surface area (Å²) < 4.78 is 0. The van der Waals surface area contributed by atoms with Gasteiger partial charge in [0.2, 0.25) is 0 Å². The molecule has 3 aromatic rings.